The molecule has 0 spiro atoms. The van der Waals surface area contributed by atoms with Crippen molar-refractivity contribution in [1.29, 1.82) is 0 Å². The first-order chi connectivity index (χ1) is 20.5. The average Bonchev–Trinajstić information content (AvgIpc) is 3.33. The number of benzene rings is 3. The van der Waals surface area contributed by atoms with E-state index < -0.39 is 25.4 Å². The number of ether oxygens (including phenoxy) is 2. The number of nitrogens with one attached hydrogen (secondary N) is 1. The van der Waals surface area contributed by atoms with E-state index >= 15 is 0 Å². The lowest BCUT2D eigenvalue weighted by atomic mass is 9.95. The van der Waals surface area contributed by atoms with Crippen molar-refractivity contribution in [2.24, 2.45) is 0 Å². The third kappa shape index (κ3) is 7.19. The van der Waals surface area contributed by atoms with E-state index in [9.17, 15) is 26.7 Å². The molecule has 43 heavy (non-hydrogen) atoms. The van der Waals surface area contributed by atoms with Gasteiger partial charge in [0.1, 0.15) is 6.61 Å². The Kier molecular flexibility index (Phi) is 9.07. The molecule has 12 heteroatoms. The molecule has 2 aliphatic rings. The molecular formula is C31H33F5N4O3. The number of alkyl halides is 5. The van der Waals surface area contributed by atoms with Crippen LogP contribution in [0.4, 0.5) is 39.0 Å². The predicted octanol–water partition coefficient (Wildman–Crippen LogP) is 5.71. The van der Waals surface area contributed by atoms with Crippen LogP contribution in [0.25, 0.3) is 11.1 Å². The predicted molar refractivity (Wildman–Crippen MR) is 155 cm³/mol. The molecule has 1 aliphatic heterocycles. The molecular weight excluding hydrogens is 571 g/mol. The first kappa shape index (κ1) is 30.6. The average molecular weight is 605 g/mol. The van der Waals surface area contributed by atoms with Crippen LogP contribution >= 0.6 is 0 Å². The second-order valence-electron chi connectivity index (χ2n) is 10.8. The van der Waals surface area contributed by atoms with E-state index in [0.29, 0.717) is 24.4 Å². The van der Waals surface area contributed by atoms with Gasteiger partial charge in [-0.25, -0.2) is 0 Å². The highest BCUT2D eigenvalue weighted by Crippen LogP contribution is 2.41. The molecule has 7 nitrogen and oxygen atoms in total. The number of nitrogens with zero attached hydrogens (tertiary/aromatic N) is 2. The van der Waals surface area contributed by atoms with Gasteiger partial charge in [-0.2, -0.15) is 22.0 Å². The van der Waals surface area contributed by atoms with Gasteiger partial charge in [0, 0.05) is 43.0 Å². The number of likely N-dealkylation sites (N-methyl/N-ethyl adjacent to an activating group) is 1. The van der Waals surface area contributed by atoms with Crippen LogP contribution < -0.4 is 20.7 Å². The van der Waals surface area contributed by atoms with Gasteiger partial charge in [0.05, 0.1) is 18.8 Å². The van der Waals surface area contributed by atoms with Gasteiger partial charge in [-0.05, 0) is 59.8 Å². The number of carbonyl (C=O) groups excluding carboxylic acids is 1. The molecule has 1 atom stereocenters. The van der Waals surface area contributed by atoms with Gasteiger partial charge in [-0.3, -0.25) is 9.69 Å². The minimum atomic E-state index is -4.41. The molecule has 0 saturated carbocycles. The van der Waals surface area contributed by atoms with Crippen LogP contribution in [0.2, 0.25) is 0 Å². The molecule has 0 aromatic heterocycles. The van der Waals surface area contributed by atoms with E-state index in [1.54, 1.807) is 6.07 Å². The van der Waals surface area contributed by atoms with E-state index in [1.807, 2.05) is 36.4 Å². The van der Waals surface area contributed by atoms with Crippen LogP contribution in [0.15, 0.2) is 54.6 Å². The summed E-state index contributed by atoms with van der Waals surface area (Å²) >= 11 is 0. The highest BCUT2D eigenvalue weighted by molar-refractivity contribution is 5.95. The molecule has 1 fully saturated rings. The summed E-state index contributed by atoms with van der Waals surface area (Å²) in [6.45, 7) is -3.60. The van der Waals surface area contributed by atoms with Crippen molar-refractivity contribution in [3.05, 3.63) is 71.3 Å². The zero-order valence-corrected chi connectivity index (χ0v) is 23.6. The lowest BCUT2D eigenvalue weighted by molar-refractivity contribution is -0.147. The number of nitrogen functional groups attached to an aromatic ring is 1. The van der Waals surface area contributed by atoms with E-state index in [0.717, 1.165) is 27.8 Å². The molecule has 0 bridgehead atoms. The van der Waals surface area contributed by atoms with Crippen molar-refractivity contribution in [1.82, 2.24) is 4.90 Å². The fourth-order valence-electron chi connectivity index (χ4n) is 5.79. The molecule has 1 heterocycles. The second kappa shape index (κ2) is 12.8. The molecule has 3 N–H and O–H groups in total. The van der Waals surface area contributed by atoms with Crippen molar-refractivity contribution in [3.8, 4) is 16.9 Å². The summed E-state index contributed by atoms with van der Waals surface area (Å²) in [7, 11) is 1.41. The zero-order valence-electron chi connectivity index (χ0n) is 23.6. The Morgan fingerprint density at radius 1 is 1.12 bits per heavy atom. The fourth-order valence-corrected chi connectivity index (χ4v) is 5.79. The monoisotopic (exact) mass is 604 g/mol. The van der Waals surface area contributed by atoms with Crippen molar-refractivity contribution < 1.29 is 36.2 Å². The highest BCUT2D eigenvalue weighted by atomic mass is 19.4. The summed E-state index contributed by atoms with van der Waals surface area (Å²) in [6, 6.07) is 15.7. The SMILES string of the molecule is CN(CC(F)(F)F)[C@H](CCNc1ccc(N2CCOCC2=O)cc1OC(F)F)Cc1ccc2c(c1N)Cc1ccccc1-2. The first-order valence-electron chi connectivity index (χ1n) is 14.0. The normalized spacial score (nSPS) is 15.5. The number of fused-ring (bicyclic) bond motifs is 3. The van der Waals surface area contributed by atoms with Crippen molar-refractivity contribution in [2.45, 2.75) is 38.1 Å². The standard InChI is InChI=1S/C31H33F5N4O3/c1-39(18-31(34,35)36)21(14-20-6-8-24-23-5-3-2-4-19(23)15-25(24)29(20)37)10-11-38-26-9-7-22(16-27(26)43-30(32)33)40-12-13-42-17-28(40)41/h2-9,16,21,30,38H,10-15,17-18,37H2,1H3/t21-/m1/s1. The number of hydrogen-bond donors (Lipinski definition) is 2. The number of hydrogen-bond acceptors (Lipinski definition) is 6. The minimum Gasteiger partial charge on any atom is -0.433 e. The van der Waals surface area contributed by atoms with Gasteiger partial charge in [0.15, 0.2) is 5.75 Å². The maximum absolute atomic E-state index is 13.4. The highest BCUT2D eigenvalue weighted by Gasteiger charge is 2.33. The third-order valence-corrected chi connectivity index (χ3v) is 7.90. The Labute approximate surface area is 246 Å². The van der Waals surface area contributed by atoms with Crippen molar-refractivity contribution >= 4 is 23.0 Å². The molecule has 230 valence electrons. The van der Waals surface area contributed by atoms with Crippen LogP contribution in [0.3, 0.4) is 0 Å². The second-order valence-corrected chi connectivity index (χ2v) is 10.8. The van der Waals surface area contributed by atoms with Gasteiger partial charge >= 0.3 is 12.8 Å². The molecule has 1 saturated heterocycles. The summed E-state index contributed by atoms with van der Waals surface area (Å²) in [6.07, 6.45) is -3.23. The number of rotatable bonds is 11. The number of anilines is 3. The molecule has 1 aliphatic carbocycles. The smallest absolute Gasteiger partial charge is 0.401 e. The lowest BCUT2D eigenvalue weighted by Gasteiger charge is -2.30. The Hall–Kier alpha value is -3.90. The lowest BCUT2D eigenvalue weighted by Crippen LogP contribution is -2.41. The summed E-state index contributed by atoms with van der Waals surface area (Å²) < 4.78 is 76.5. The summed E-state index contributed by atoms with van der Waals surface area (Å²) in [5, 5.41) is 3.04. The Bertz CT molecular complexity index is 1470. The number of amides is 1. The number of nitrogens with two attached hydrogens (primary N) is 1. The fraction of sp³-hybridized carbons (Fsp3) is 0.387. The Morgan fingerprint density at radius 3 is 2.65 bits per heavy atom. The Balaban J connectivity index is 1.33. The molecule has 1 amide bonds. The zero-order chi connectivity index (χ0) is 30.7. The number of morpholine rings is 1. The number of halogens is 5. The van der Waals surface area contributed by atoms with E-state index in [4.69, 9.17) is 15.2 Å². The van der Waals surface area contributed by atoms with Crippen LogP contribution in [-0.4, -0.2) is 69.5 Å². The molecule has 3 aromatic carbocycles. The first-order valence-corrected chi connectivity index (χ1v) is 14.0. The van der Waals surface area contributed by atoms with Gasteiger partial charge in [-0.1, -0.05) is 36.4 Å². The number of carbonyl (C=O) groups is 1. The maximum atomic E-state index is 13.4. The minimum absolute atomic E-state index is 0.112. The van der Waals surface area contributed by atoms with Crippen LogP contribution in [0, 0.1) is 0 Å². The quantitative estimate of drug-likeness (QED) is 0.169. The summed E-state index contributed by atoms with van der Waals surface area (Å²) in [5.74, 6) is -0.477. The van der Waals surface area contributed by atoms with Crippen molar-refractivity contribution in [3.63, 3.8) is 0 Å². The van der Waals surface area contributed by atoms with Gasteiger partial charge < -0.3 is 25.4 Å². The Morgan fingerprint density at radius 2 is 1.91 bits per heavy atom. The molecule has 5 rings (SSSR count). The third-order valence-electron chi connectivity index (χ3n) is 7.90. The largest absolute Gasteiger partial charge is 0.433 e. The molecule has 0 radical (unpaired) electrons. The summed E-state index contributed by atoms with van der Waals surface area (Å²) in [4.78, 5) is 14.9. The van der Waals surface area contributed by atoms with Crippen LogP contribution in [0.1, 0.15) is 23.1 Å². The van der Waals surface area contributed by atoms with Gasteiger partial charge in [-0.15, -0.1) is 0 Å². The van der Waals surface area contributed by atoms with Crippen molar-refractivity contribution in [2.75, 3.05) is 55.8 Å². The van der Waals surface area contributed by atoms with Crippen LogP contribution in [0.5, 0.6) is 5.75 Å². The van der Waals surface area contributed by atoms with E-state index in [1.165, 1.54) is 29.0 Å². The maximum Gasteiger partial charge on any atom is 0.401 e. The topological polar surface area (TPSA) is 80.1 Å². The van der Waals surface area contributed by atoms with Gasteiger partial charge in [0.25, 0.3) is 5.91 Å². The van der Waals surface area contributed by atoms with E-state index in [2.05, 4.69) is 5.32 Å². The molecule has 0 unspecified atom stereocenters. The van der Waals surface area contributed by atoms with Crippen LogP contribution in [-0.2, 0) is 22.4 Å². The molecule has 3 aromatic rings. The summed E-state index contributed by atoms with van der Waals surface area (Å²) in [5.41, 5.74) is 12.8. The van der Waals surface area contributed by atoms with Gasteiger partial charge in [0.2, 0.25) is 0 Å². The van der Waals surface area contributed by atoms with E-state index in [-0.39, 0.29) is 49.9 Å².